The van der Waals surface area contributed by atoms with E-state index in [-0.39, 0.29) is 22.4 Å². The molecule has 1 aliphatic carbocycles. The number of carbonyl (C=O) groups excluding carboxylic acids is 2. The van der Waals surface area contributed by atoms with Gasteiger partial charge in [-0.3, -0.25) is 9.59 Å². The number of aliphatic hydroxyl groups excluding tert-OH is 4. The van der Waals surface area contributed by atoms with E-state index in [1.807, 2.05) is 0 Å². The highest BCUT2D eigenvalue weighted by molar-refractivity contribution is 6.30. The van der Waals surface area contributed by atoms with E-state index in [1.54, 1.807) is 6.92 Å². The molecule has 5 atom stereocenters. The molecule has 1 aliphatic heterocycles. The Kier molecular flexibility index (Phi) is 5.31. The van der Waals surface area contributed by atoms with E-state index in [4.69, 9.17) is 9.47 Å². The van der Waals surface area contributed by atoms with Crippen molar-refractivity contribution >= 4 is 11.6 Å². The van der Waals surface area contributed by atoms with Crippen LogP contribution in [-0.2, 0) is 4.74 Å². The second-order valence-corrected chi connectivity index (χ2v) is 7.67. The summed E-state index contributed by atoms with van der Waals surface area (Å²) in [5.74, 6) is -4.61. The molecule has 1 heterocycles. The van der Waals surface area contributed by atoms with Crippen molar-refractivity contribution in [2.45, 2.75) is 37.6 Å². The van der Waals surface area contributed by atoms with Crippen LogP contribution in [0.5, 0.6) is 23.0 Å². The molecule has 2 aromatic rings. The van der Waals surface area contributed by atoms with E-state index in [0.717, 1.165) is 6.07 Å². The molecule has 0 saturated carbocycles. The molecule has 170 valence electrons. The largest absolute Gasteiger partial charge is 0.504 e. The van der Waals surface area contributed by atoms with E-state index < -0.39 is 71.7 Å². The van der Waals surface area contributed by atoms with E-state index >= 15 is 0 Å². The van der Waals surface area contributed by atoms with Crippen LogP contribution in [0, 0.1) is 6.92 Å². The SMILES string of the molecule is Cc1cc(O[C@@H]2O[C@H](CO)[C@@H](O)[C@H](O)[C@H]2O)c2c(c1)C(=O)c1cc(O)c(O)c(O)c1C2=O. The van der Waals surface area contributed by atoms with Gasteiger partial charge in [0.1, 0.15) is 30.2 Å². The van der Waals surface area contributed by atoms with Gasteiger partial charge < -0.3 is 45.2 Å². The number of hydrogen-bond donors (Lipinski definition) is 7. The first-order valence-electron chi connectivity index (χ1n) is 9.55. The third kappa shape index (κ3) is 3.18. The first-order chi connectivity index (χ1) is 15.1. The zero-order chi connectivity index (χ0) is 23.5. The van der Waals surface area contributed by atoms with Gasteiger partial charge in [0.25, 0.3) is 0 Å². The molecule has 0 spiro atoms. The summed E-state index contributed by atoms with van der Waals surface area (Å²) in [5, 5.41) is 69.3. The van der Waals surface area contributed by atoms with Gasteiger partial charge in [-0.25, -0.2) is 0 Å². The van der Waals surface area contributed by atoms with Crippen LogP contribution < -0.4 is 4.74 Å². The predicted octanol–water partition coefficient (Wildman–Crippen LogP) is -0.934. The van der Waals surface area contributed by atoms with Gasteiger partial charge in [-0.15, -0.1) is 0 Å². The number of ether oxygens (including phenoxy) is 2. The fourth-order valence-corrected chi connectivity index (χ4v) is 3.87. The quantitative estimate of drug-likeness (QED) is 0.245. The van der Waals surface area contributed by atoms with Crippen LogP contribution in [0.2, 0.25) is 0 Å². The Balaban J connectivity index is 1.82. The molecule has 2 aliphatic rings. The van der Waals surface area contributed by atoms with Crippen LogP contribution in [0.25, 0.3) is 0 Å². The molecule has 2 aromatic carbocycles. The molecule has 7 N–H and O–H groups in total. The van der Waals surface area contributed by atoms with Crippen molar-refractivity contribution in [2.75, 3.05) is 6.61 Å². The minimum atomic E-state index is -1.76. The van der Waals surface area contributed by atoms with Crippen molar-refractivity contribution in [3.05, 3.63) is 46.0 Å². The normalized spacial score (nSPS) is 27.1. The lowest BCUT2D eigenvalue weighted by atomic mass is 9.82. The number of hydrogen-bond acceptors (Lipinski definition) is 11. The molecule has 11 nitrogen and oxygen atoms in total. The number of aliphatic hydroxyl groups is 4. The zero-order valence-corrected chi connectivity index (χ0v) is 16.6. The predicted molar refractivity (Wildman–Crippen MR) is 104 cm³/mol. The Morgan fingerprint density at radius 1 is 0.875 bits per heavy atom. The van der Waals surface area contributed by atoms with Crippen LogP contribution in [-0.4, -0.2) is 84.6 Å². The maximum atomic E-state index is 13.2. The lowest BCUT2D eigenvalue weighted by Crippen LogP contribution is -2.60. The van der Waals surface area contributed by atoms with Crippen molar-refractivity contribution in [3.63, 3.8) is 0 Å². The topological polar surface area (TPSA) is 194 Å². The van der Waals surface area contributed by atoms with E-state index in [2.05, 4.69) is 0 Å². The molecule has 32 heavy (non-hydrogen) atoms. The summed E-state index contributed by atoms with van der Waals surface area (Å²) in [5.41, 5.74) is -0.808. The Morgan fingerprint density at radius 2 is 1.53 bits per heavy atom. The summed E-state index contributed by atoms with van der Waals surface area (Å²) >= 11 is 0. The van der Waals surface area contributed by atoms with Crippen molar-refractivity contribution in [1.29, 1.82) is 0 Å². The van der Waals surface area contributed by atoms with Gasteiger partial charge in [-0.1, -0.05) is 0 Å². The van der Waals surface area contributed by atoms with Crippen LogP contribution >= 0.6 is 0 Å². The first kappa shape index (κ1) is 22.0. The lowest BCUT2D eigenvalue weighted by molar-refractivity contribution is -0.277. The highest BCUT2D eigenvalue weighted by Gasteiger charge is 2.45. The number of phenolic OH excluding ortho intramolecular Hbond substituents is 3. The van der Waals surface area contributed by atoms with Gasteiger partial charge in [0.2, 0.25) is 17.8 Å². The highest BCUT2D eigenvalue weighted by atomic mass is 16.7. The maximum Gasteiger partial charge on any atom is 0.229 e. The smallest absolute Gasteiger partial charge is 0.229 e. The summed E-state index contributed by atoms with van der Waals surface area (Å²) in [6, 6.07) is 3.61. The number of aryl methyl sites for hydroxylation is 1. The summed E-state index contributed by atoms with van der Waals surface area (Å²) < 4.78 is 10.9. The molecule has 0 aromatic heterocycles. The summed E-state index contributed by atoms with van der Waals surface area (Å²) in [7, 11) is 0. The van der Waals surface area contributed by atoms with Crippen molar-refractivity contribution < 1.29 is 54.8 Å². The third-order valence-electron chi connectivity index (χ3n) is 5.54. The average molecular weight is 448 g/mol. The van der Waals surface area contributed by atoms with Gasteiger partial charge in [-0.05, 0) is 30.7 Å². The fraction of sp³-hybridized carbons (Fsp3) is 0.333. The summed E-state index contributed by atoms with van der Waals surface area (Å²) in [6.45, 7) is 0.900. The molecule has 1 fully saturated rings. The van der Waals surface area contributed by atoms with Gasteiger partial charge in [0.05, 0.1) is 17.7 Å². The fourth-order valence-electron chi connectivity index (χ4n) is 3.87. The Bertz CT molecular complexity index is 1120. The molecule has 11 heteroatoms. The van der Waals surface area contributed by atoms with Crippen LogP contribution in [0.15, 0.2) is 18.2 Å². The van der Waals surface area contributed by atoms with Gasteiger partial charge >= 0.3 is 0 Å². The first-order valence-corrected chi connectivity index (χ1v) is 9.55. The maximum absolute atomic E-state index is 13.2. The molecule has 0 radical (unpaired) electrons. The number of aromatic hydroxyl groups is 3. The molecule has 0 unspecified atom stereocenters. The Morgan fingerprint density at radius 3 is 2.19 bits per heavy atom. The van der Waals surface area contributed by atoms with Crippen LogP contribution in [0.3, 0.4) is 0 Å². The van der Waals surface area contributed by atoms with E-state index in [0.29, 0.717) is 5.56 Å². The van der Waals surface area contributed by atoms with Crippen molar-refractivity contribution in [2.24, 2.45) is 0 Å². The number of fused-ring (bicyclic) bond motifs is 2. The number of benzene rings is 2. The van der Waals surface area contributed by atoms with Crippen LogP contribution in [0.4, 0.5) is 0 Å². The zero-order valence-electron chi connectivity index (χ0n) is 16.6. The number of phenols is 3. The highest BCUT2D eigenvalue weighted by Crippen LogP contribution is 2.45. The van der Waals surface area contributed by atoms with E-state index in [1.165, 1.54) is 12.1 Å². The molecule has 0 amide bonds. The Labute approximate surface area is 180 Å². The minimum Gasteiger partial charge on any atom is -0.504 e. The molecule has 4 rings (SSSR count). The molecule has 0 bridgehead atoms. The van der Waals surface area contributed by atoms with Crippen molar-refractivity contribution in [3.8, 4) is 23.0 Å². The molecular formula is C21H20O11. The molecule has 1 saturated heterocycles. The minimum absolute atomic E-state index is 0.119. The monoisotopic (exact) mass is 448 g/mol. The van der Waals surface area contributed by atoms with Crippen LogP contribution in [0.1, 0.15) is 37.4 Å². The van der Waals surface area contributed by atoms with E-state index in [9.17, 15) is 45.3 Å². The summed E-state index contributed by atoms with van der Waals surface area (Å²) in [4.78, 5) is 26.2. The molecular weight excluding hydrogens is 428 g/mol. The Hall–Kier alpha value is -3.22. The standard InChI is InChI=1S/C21H20O11/c1-6-2-7-12(17(27)13-8(14(7)24)4-9(23)15(25)18(13)28)10(3-6)31-21-20(30)19(29)16(26)11(5-22)32-21/h2-4,11,16,19-23,25-26,28-30H,5H2,1H3/t11-,16-,19+,20-,21-/m1/s1. The number of rotatable bonds is 3. The number of carbonyl (C=O) groups is 2. The van der Waals surface area contributed by atoms with Gasteiger partial charge in [0, 0.05) is 11.1 Å². The number of ketones is 2. The lowest BCUT2D eigenvalue weighted by Gasteiger charge is -2.39. The van der Waals surface area contributed by atoms with Gasteiger partial charge in [-0.2, -0.15) is 0 Å². The van der Waals surface area contributed by atoms with Crippen molar-refractivity contribution in [1.82, 2.24) is 0 Å². The van der Waals surface area contributed by atoms with Gasteiger partial charge in [0.15, 0.2) is 17.3 Å². The third-order valence-corrected chi connectivity index (χ3v) is 5.54. The average Bonchev–Trinajstić information content (AvgIpc) is 2.75. The second kappa shape index (κ2) is 7.73. The summed E-state index contributed by atoms with van der Waals surface area (Å²) in [6.07, 6.45) is -8.00. The second-order valence-electron chi connectivity index (χ2n) is 7.67.